The summed E-state index contributed by atoms with van der Waals surface area (Å²) in [5.74, 6) is -0.430. The zero-order chi connectivity index (χ0) is 26.9. The summed E-state index contributed by atoms with van der Waals surface area (Å²) in [6.07, 6.45) is 19.7. The SMILES string of the molecule is CCCCCCCC/C=C\CCCCCCCC(=O)OC[C@H]1O[C@@H]([n+]2cccc(C(C)=O)c2)[C@H](O)[C@@H]1O. The molecule has 0 saturated carbocycles. The highest BCUT2D eigenvalue weighted by Crippen LogP contribution is 2.26. The van der Waals surface area contributed by atoms with Crippen LogP contribution in [0.5, 0.6) is 0 Å². The molecule has 0 amide bonds. The number of carbonyl (C=O) groups is 2. The van der Waals surface area contributed by atoms with Gasteiger partial charge in [-0.1, -0.05) is 70.4 Å². The highest BCUT2D eigenvalue weighted by molar-refractivity contribution is 5.93. The van der Waals surface area contributed by atoms with Crippen molar-refractivity contribution >= 4 is 11.8 Å². The normalized spacial score (nSPS) is 21.5. The predicted octanol–water partition coefficient (Wildman–Crippen LogP) is 5.38. The molecule has 1 aromatic rings. The summed E-state index contributed by atoms with van der Waals surface area (Å²) < 4.78 is 12.6. The fraction of sp³-hybridized carbons (Fsp3) is 0.700. The number of hydrogen-bond acceptors (Lipinski definition) is 6. The second-order valence-electron chi connectivity index (χ2n) is 10.2. The van der Waals surface area contributed by atoms with Gasteiger partial charge in [0.2, 0.25) is 0 Å². The molecule has 2 rings (SSSR count). The molecule has 1 saturated heterocycles. The van der Waals surface area contributed by atoms with Crippen LogP contribution in [0.15, 0.2) is 36.7 Å². The Morgan fingerprint density at radius 1 is 0.946 bits per heavy atom. The van der Waals surface area contributed by atoms with Crippen LogP contribution in [0.1, 0.15) is 120 Å². The van der Waals surface area contributed by atoms with Gasteiger partial charge in [-0.25, -0.2) is 0 Å². The van der Waals surface area contributed by atoms with E-state index in [1.165, 1.54) is 64.7 Å². The molecule has 208 valence electrons. The molecule has 37 heavy (non-hydrogen) atoms. The van der Waals surface area contributed by atoms with Gasteiger partial charge in [-0.15, -0.1) is 0 Å². The van der Waals surface area contributed by atoms with Gasteiger partial charge in [0.15, 0.2) is 24.3 Å². The molecule has 1 aliphatic heterocycles. The number of esters is 1. The molecule has 1 aromatic heterocycles. The smallest absolute Gasteiger partial charge is 0.305 e. The third-order valence-electron chi connectivity index (χ3n) is 6.91. The van der Waals surface area contributed by atoms with Gasteiger partial charge >= 0.3 is 5.97 Å². The van der Waals surface area contributed by atoms with Gasteiger partial charge in [0.25, 0.3) is 6.23 Å². The van der Waals surface area contributed by atoms with E-state index in [1.807, 2.05) is 0 Å². The number of pyridine rings is 1. The summed E-state index contributed by atoms with van der Waals surface area (Å²) in [5.41, 5.74) is 0.475. The fourth-order valence-corrected chi connectivity index (χ4v) is 4.56. The van der Waals surface area contributed by atoms with Crippen molar-refractivity contribution in [3.63, 3.8) is 0 Å². The van der Waals surface area contributed by atoms with Crippen LogP contribution in [0.4, 0.5) is 0 Å². The first-order valence-corrected chi connectivity index (χ1v) is 14.3. The van der Waals surface area contributed by atoms with Gasteiger partial charge in [0, 0.05) is 12.5 Å². The van der Waals surface area contributed by atoms with Crippen LogP contribution in [-0.2, 0) is 14.3 Å². The van der Waals surface area contributed by atoms with Crippen LogP contribution in [0.25, 0.3) is 0 Å². The Hall–Kier alpha value is -2.09. The molecule has 2 heterocycles. The molecule has 0 unspecified atom stereocenters. The first-order chi connectivity index (χ1) is 17.9. The van der Waals surface area contributed by atoms with E-state index < -0.39 is 24.5 Å². The average molecular weight is 519 g/mol. The number of aliphatic hydroxyl groups is 2. The van der Waals surface area contributed by atoms with E-state index in [4.69, 9.17) is 9.47 Å². The number of carbonyl (C=O) groups excluding carboxylic acids is 2. The molecule has 4 atom stereocenters. The van der Waals surface area contributed by atoms with E-state index in [-0.39, 0.29) is 18.4 Å². The Labute approximate surface area is 222 Å². The number of rotatable bonds is 19. The van der Waals surface area contributed by atoms with Crippen LogP contribution in [0.2, 0.25) is 0 Å². The maximum Gasteiger partial charge on any atom is 0.305 e. The van der Waals surface area contributed by atoms with E-state index >= 15 is 0 Å². The summed E-state index contributed by atoms with van der Waals surface area (Å²) >= 11 is 0. The Bertz CT molecular complexity index is 826. The van der Waals surface area contributed by atoms with E-state index in [1.54, 1.807) is 29.1 Å². The van der Waals surface area contributed by atoms with E-state index in [0.717, 1.165) is 25.7 Å². The van der Waals surface area contributed by atoms with Crippen molar-refractivity contribution in [2.45, 2.75) is 128 Å². The summed E-state index contributed by atoms with van der Waals surface area (Å²) in [6, 6.07) is 3.35. The number of ether oxygens (including phenoxy) is 2. The number of aromatic nitrogens is 1. The number of unbranched alkanes of at least 4 members (excludes halogenated alkanes) is 11. The molecule has 0 spiro atoms. The maximum absolute atomic E-state index is 12.1. The summed E-state index contributed by atoms with van der Waals surface area (Å²) in [7, 11) is 0. The minimum atomic E-state index is -1.19. The number of hydrogen-bond donors (Lipinski definition) is 2. The third-order valence-corrected chi connectivity index (χ3v) is 6.91. The lowest BCUT2D eigenvalue weighted by Gasteiger charge is -2.13. The fourth-order valence-electron chi connectivity index (χ4n) is 4.56. The molecule has 7 nitrogen and oxygen atoms in total. The quantitative estimate of drug-likeness (QED) is 0.0839. The standard InChI is InChI=1S/C30H48NO6/c1-3-4-5-6-7-8-9-10-11-12-13-14-15-16-17-20-27(33)36-23-26-28(34)29(35)30(37-26)31-21-18-19-25(22-31)24(2)32/h10-11,18-19,21-22,26,28-30,34-35H,3-9,12-17,20,23H2,1-2H3/q+1/b11-10-/t26-,28-,29-,30-/m1/s1. The van der Waals surface area contributed by atoms with Crippen molar-refractivity contribution in [1.82, 2.24) is 0 Å². The van der Waals surface area contributed by atoms with Crippen molar-refractivity contribution < 1.29 is 33.8 Å². The third kappa shape index (κ3) is 11.9. The molecular formula is C30H48NO6+. The number of Topliss-reactive ketones (excluding diaryl/α,β-unsaturated/α-hetero) is 1. The van der Waals surface area contributed by atoms with Crippen molar-refractivity contribution in [1.29, 1.82) is 0 Å². The minimum absolute atomic E-state index is 0.108. The zero-order valence-electron chi connectivity index (χ0n) is 22.9. The van der Waals surface area contributed by atoms with E-state index in [0.29, 0.717) is 12.0 Å². The van der Waals surface area contributed by atoms with Gasteiger partial charge in [0.05, 0.1) is 5.56 Å². The summed E-state index contributed by atoms with van der Waals surface area (Å²) in [4.78, 5) is 23.7. The summed E-state index contributed by atoms with van der Waals surface area (Å²) in [5, 5.41) is 20.7. The number of nitrogens with zero attached hydrogens (tertiary/aromatic N) is 1. The second-order valence-corrected chi connectivity index (χ2v) is 10.2. The highest BCUT2D eigenvalue weighted by Gasteiger charge is 2.48. The molecule has 2 N–H and O–H groups in total. The number of allylic oxidation sites excluding steroid dienone is 2. The van der Waals surface area contributed by atoms with Gasteiger partial charge < -0.3 is 19.7 Å². The topological polar surface area (TPSA) is 96.9 Å². The van der Waals surface area contributed by atoms with Crippen molar-refractivity contribution in [2.75, 3.05) is 6.61 Å². The lowest BCUT2D eigenvalue weighted by molar-refractivity contribution is -0.765. The monoisotopic (exact) mass is 518 g/mol. The lowest BCUT2D eigenvalue weighted by Crippen LogP contribution is -2.46. The summed E-state index contributed by atoms with van der Waals surface area (Å²) in [6.45, 7) is 3.59. The largest absolute Gasteiger partial charge is 0.463 e. The number of ketones is 1. The molecule has 0 radical (unpaired) electrons. The number of aliphatic hydroxyl groups excluding tert-OH is 2. The second kappa shape index (κ2) is 18.2. The van der Waals surface area contributed by atoms with E-state index in [2.05, 4.69) is 19.1 Å². The van der Waals surface area contributed by atoms with Crippen molar-refractivity contribution in [2.24, 2.45) is 0 Å². The van der Waals surface area contributed by atoms with Gasteiger partial charge in [-0.05, 0) is 45.1 Å². The molecule has 0 aliphatic carbocycles. The first-order valence-electron chi connectivity index (χ1n) is 14.3. The average Bonchev–Trinajstić information content (AvgIpc) is 3.18. The highest BCUT2D eigenvalue weighted by atomic mass is 16.6. The maximum atomic E-state index is 12.1. The zero-order valence-corrected chi connectivity index (χ0v) is 22.9. The van der Waals surface area contributed by atoms with Gasteiger partial charge in [-0.2, -0.15) is 4.57 Å². The van der Waals surface area contributed by atoms with Crippen LogP contribution < -0.4 is 4.57 Å². The Morgan fingerprint density at radius 2 is 1.57 bits per heavy atom. The lowest BCUT2D eigenvalue weighted by atomic mass is 10.1. The van der Waals surface area contributed by atoms with Crippen LogP contribution in [0.3, 0.4) is 0 Å². The molecule has 1 fully saturated rings. The Morgan fingerprint density at radius 3 is 2.22 bits per heavy atom. The first kappa shape index (κ1) is 31.1. The molecule has 0 aromatic carbocycles. The molecule has 7 heteroatoms. The minimum Gasteiger partial charge on any atom is -0.463 e. The van der Waals surface area contributed by atoms with Crippen molar-refractivity contribution in [3.05, 3.63) is 42.2 Å². The predicted molar refractivity (Wildman–Crippen MR) is 143 cm³/mol. The molecule has 0 bridgehead atoms. The van der Waals surface area contributed by atoms with Crippen LogP contribution in [-0.4, -0.2) is 46.9 Å². The molecular weight excluding hydrogens is 470 g/mol. The molecule has 1 aliphatic rings. The Kier molecular flexibility index (Phi) is 15.3. The van der Waals surface area contributed by atoms with Gasteiger partial charge in [0.1, 0.15) is 18.8 Å². The van der Waals surface area contributed by atoms with Crippen molar-refractivity contribution in [3.8, 4) is 0 Å². The van der Waals surface area contributed by atoms with Gasteiger partial charge in [-0.3, -0.25) is 9.59 Å². The van der Waals surface area contributed by atoms with Crippen LogP contribution >= 0.6 is 0 Å². The van der Waals surface area contributed by atoms with E-state index in [9.17, 15) is 19.8 Å². The Balaban J connectivity index is 1.52. The van der Waals surface area contributed by atoms with Crippen LogP contribution in [0, 0.1) is 0 Å².